The van der Waals surface area contributed by atoms with Gasteiger partial charge in [0.15, 0.2) is 5.82 Å². The fourth-order valence-corrected chi connectivity index (χ4v) is 7.34. The van der Waals surface area contributed by atoms with Gasteiger partial charge in [-0.15, -0.1) is 0 Å². The Morgan fingerprint density at radius 1 is 0.460 bits per heavy atom. The first-order chi connectivity index (χ1) is 24.8. The zero-order valence-corrected chi connectivity index (χ0v) is 27.0. The maximum atomic E-state index is 6.76. The van der Waals surface area contributed by atoms with Gasteiger partial charge in [0.05, 0.1) is 22.3 Å². The number of hydrogen-bond acceptors (Lipinski definition) is 4. The van der Waals surface area contributed by atoms with Crippen LogP contribution in [0, 0.1) is 0 Å². The summed E-state index contributed by atoms with van der Waals surface area (Å²) in [6.07, 6.45) is 0. The molecule has 0 amide bonds. The van der Waals surface area contributed by atoms with Crippen molar-refractivity contribution in [2.24, 2.45) is 0 Å². The molecule has 0 aliphatic carbocycles. The molecule has 0 aliphatic rings. The minimum absolute atomic E-state index is 0.680. The summed E-state index contributed by atoms with van der Waals surface area (Å²) in [7, 11) is 0. The number of furan rings is 1. The monoisotopic (exact) mass is 639 g/mol. The molecule has 8 aromatic carbocycles. The van der Waals surface area contributed by atoms with Gasteiger partial charge in [-0.05, 0) is 70.8 Å². The summed E-state index contributed by atoms with van der Waals surface area (Å²) in [4.78, 5) is 12.9. The molecule has 0 atom stereocenters. The van der Waals surface area contributed by atoms with Crippen molar-refractivity contribution in [2.45, 2.75) is 0 Å². The van der Waals surface area contributed by atoms with E-state index in [0.29, 0.717) is 5.82 Å². The molecule has 0 saturated carbocycles. The number of para-hydroxylation sites is 3. The van der Waals surface area contributed by atoms with Gasteiger partial charge >= 0.3 is 0 Å². The van der Waals surface area contributed by atoms with Crippen LogP contribution in [0.5, 0.6) is 0 Å². The molecule has 2 aromatic heterocycles. The highest BCUT2D eigenvalue weighted by atomic mass is 16.3. The van der Waals surface area contributed by atoms with Crippen LogP contribution in [0.1, 0.15) is 0 Å². The number of nitrogens with zero attached hydrogens (tertiary/aromatic N) is 3. The fourth-order valence-electron chi connectivity index (χ4n) is 7.34. The molecule has 10 rings (SSSR count). The van der Waals surface area contributed by atoms with Gasteiger partial charge in [-0.1, -0.05) is 121 Å². The van der Waals surface area contributed by atoms with E-state index in [1.54, 1.807) is 0 Å². The van der Waals surface area contributed by atoms with Crippen LogP contribution in [0.25, 0.3) is 77.0 Å². The second-order valence-electron chi connectivity index (χ2n) is 12.6. The zero-order valence-electron chi connectivity index (χ0n) is 27.0. The van der Waals surface area contributed by atoms with Gasteiger partial charge in [-0.2, -0.15) is 0 Å². The first-order valence-corrected chi connectivity index (χ1v) is 16.8. The highest BCUT2D eigenvalue weighted by Crippen LogP contribution is 2.46. The van der Waals surface area contributed by atoms with Crippen molar-refractivity contribution in [3.63, 3.8) is 0 Å². The summed E-state index contributed by atoms with van der Waals surface area (Å²) in [5.74, 6) is 0.680. The number of benzene rings is 8. The number of anilines is 3. The van der Waals surface area contributed by atoms with Gasteiger partial charge in [0.1, 0.15) is 11.2 Å². The average molecular weight is 640 g/mol. The third-order valence-electron chi connectivity index (χ3n) is 9.62. The minimum atomic E-state index is 0.680. The molecule has 4 nitrogen and oxygen atoms in total. The topological polar surface area (TPSA) is 42.2 Å². The summed E-state index contributed by atoms with van der Waals surface area (Å²) < 4.78 is 6.76. The van der Waals surface area contributed by atoms with E-state index in [4.69, 9.17) is 14.4 Å². The maximum Gasteiger partial charge on any atom is 0.161 e. The molecule has 10 aromatic rings. The van der Waals surface area contributed by atoms with Gasteiger partial charge in [0, 0.05) is 38.7 Å². The standard InChI is InChI=1S/C46H29N3O/c1-3-16-33(17-4-1)49(34-18-5-2-6-19-34)41-24-13-25-42-43(41)39-29-38(35-20-9-10-21-36(35)45(39)50-42)46-47-40-23-12-11-22-37(40)44(48-46)32-27-26-30-14-7-8-15-31(30)28-32/h1-29H. The van der Waals surface area contributed by atoms with Crippen molar-refractivity contribution < 1.29 is 4.42 Å². The van der Waals surface area contributed by atoms with Gasteiger partial charge < -0.3 is 9.32 Å². The van der Waals surface area contributed by atoms with Crippen molar-refractivity contribution in [3.05, 3.63) is 176 Å². The van der Waals surface area contributed by atoms with E-state index in [1.165, 1.54) is 10.8 Å². The summed E-state index contributed by atoms with van der Waals surface area (Å²) in [5.41, 5.74) is 8.70. The Balaban J connectivity index is 1.27. The van der Waals surface area contributed by atoms with Gasteiger partial charge in [0.25, 0.3) is 0 Å². The quantitative estimate of drug-likeness (QED) is 0.188. The number of rotatable bonds is 5. The maximum absolute atomic E-state index is 6.76. The van der Waals surface area contributed by atoms with Crippen LogP contribution in [-0.4, -0.2) is 9.97 Å². The third-order valence-corrected chi connectivity index (χ3v) is 9.62. The first-order valence-electron chi connectivity index (χ1n) is 16.8. The molecular formula is C46H29N3O. The highest BCUT2D eigenvalue weighted by molar-refractivity contribution is 6.22. The second-order valence-corrected chi connectivity index (χ2v) is 12.6. The SMILES string of the molecule is c1ccc(N(c2ccccc2)c2cccc3oc4c5ccccc5c(-c5nc(-c6ccc7ccccc7c6)c6ccccc6n5)cc4c23)cc1. The second kappa shape index (κ2) is 11.4. The van der Waals surface area contributed by atoms with Crippen molar-refractivity contribution in [1.29, 1.82) is 0 Å². The van der Waals surface area contributed by atoms with E-state index in [1.807, 2.05) is 6.07 Å². The normalized spacial score (nSPS) is 11.6. The Morgan fingerprint density at radius 3 is 1.90 bits per heavy atom. The average Bonchev–Trinajstić information content (AvgIpc) is 3.58. The Labute approximate surface area is 288 Å². The van der Waals surface area contributed by atoms with Crippen molar-refractivity contribution in [2.75, 3.05) is 4.90 Å². The van der Waals surface area contributed by atoms with Crippen LogP contribution in [0.4, 0.5) is 17.1 Å². The highest BCUT2D eigenvalue weighted by Gasteiger charge is 2.23. The summed E-state index contributed by atoms with van der Waals surface area (Å²) >= 11 is 0. The molecule has 0 saturated heterocycles. The molecule has 0 bridgehead atoms. The summed E-state index contributed by atoms with van der Waals surface area (Å²) in [6, 6.07) is 61.3. The molecule has 4 heteroatoms. The van der Waals surface area contributed by atoms with Gasteiger partial charge in [-0.3, -0.25) is 0 Å². The lowest BCUT2D eigenvalue weighted by atomic mass is 9.98. The van der Waals surface area contributed by atoms with Crippen molar-refractivity contribution in [3.8, 4) is 22.6 Å². The molecule has 50 heavy (non-hydrogen) atoms. The first kappa shape index (κ1) is 28.3. The molecule has 0 radical (unpaired) electrons. The predicted octanol–water partition coefficient (Wildman–Crippen LogP) is 12.6. The number of aromatic nitrogens is 2. The third kappa shape index (κ3) is 4.54. The van der Waals surface area contributed by atoms with Crippen molar-refractivity contribution >= 4 is 71.4 Å². The predicted molar refractivity (Wildman–Crippen MR) is 207 cm³/mol. The molecule has 234 valence electrons. The van der Waals surface area contributed by atoms with Crippen LogP contribution in [0.15, 0.2) is 180 Å². The van der Waals surface area contributed by atoms with Crippen LogP contribution in [-0.2, 0) is 0 Å². The Kier molecular flexibility index (Phi) is 6.46. The van der Waals surface area contributed by atoms with E-state index in [0.717, 1.165) is 77.5 Å². The molecule has 0 spiro atoms. The van der Waals surface area contributed by atoms with Crippen LogP contribution >= 0.6 is 0 Å². The molecule has 0 N–H and O–H groups in total. The van der Waals surface area contributed by atoms with Gasteiger partial charge in [-0.25, -0.2) is 9.97 Å². The van der Waals surface area contributed by atoms with E-state index < -0.39 is 0 Å². The molecule has 2 heterocycles. The Bertz CT molecular complexity index is 2840. The smallest absolute Gasteiger partial charge is 0.161 e. The van der Waals surface area contributed by atoms with Crippen molar-refractivity contribution in [1.82, 2.24) is 9.97 Å². The van der Waals surface area contributed by atoms with Gasteiger partial charge in [0.2, 0.25) is 0 Å². The lowest BCUT2D eigenvalue weighted by molar-refractivity contribution is 0.672. The number of fused-ring (bicyclic) bond motifs is 7. The van der Waals surface area contributed by atoms with Crippen LogP contribution in [0.2, 0.25) is 0 Å². The lowest BCUT2D eigenvalue weighted by Gasteiger charge is -2.26. The molecule has 0 unspecified atom stereocenters. The zero-order chi connectivity index (χ0) is 33.0. The van der Waals surface area contributed by atoms with Crippen LogP contribution < -0.4 is 4.90 Å². The lowest BCUT2D eigenvalue weighted by Crippen LogP contribution is -2.09. The summed E-state index contributed by atoms with van der Waals surface area (Å²) in [5, 5.41) is 7.53. The Morgan fingerprint density at radius 2 is 1.12 bits per heavy atom. The fraction of sp³-hybridized carbons (Fsp3) is 0. The molecule has 0 aliphatic heterocycles. The van der Waals surface area contributed by atoms with E-state index in [-0.39, 0.29) is 0 Å². The Hall–Kier alpha value is -6.78. The minimum Gasteiger partial charge on any atom is -0.455 e. The number of hydrogen-bond donors (Lipinski definition) is 0. The molecular weight excluding hydrogens is 611 g/mol. The summed E-state index contributed by atoms with van der Waals surface area (Å²) in [6.45, 7) is 0. The van der Waals surface area contributed by atoms with E-state index in [9.17, 15) is 0 Å². The van der Waals surface area contributed by atoms with E-state index in [2.05, 4.69) is 175 Å². The van der Waals surface area contributed by atoms with Crippen LogP contribution in [0.3, 0.4) is 0 Å². The molecule has 0 fully saturated rings. The largest absolute Gasteiger partial charge is 0.455 e. The van der Waals surface area contributed by atoms with E-state index >= 15 is 0 Å².